The largest absolute Gasteiger partial charge is 0.308 e. The van der Waals surface area contributed by atoms with Gasteiger partial charge in [0.25, 0.3) is 0 Å². The van der Waals surface area contributed by atoms with Crippen LogP contribution in [0.1, 0.15) is 29.7 Å². The molecule has 0 saturated carbocycles. The lowest BCUT2D eigenvalue weighted by Gasteiger charge is -2.32. The van der Waals surface area contributed by atoms with E-state index in [0.717, 1.165) is 37.5 Å². The van der Waals surface area contributed by atoms with Gasteiger partial charge in [0.2, 0.25) is 0 Å². The van der Waals surface area contributed by atoms with Crippen molar-refractivity contribution in [1.29, 1.82) is 0 Å². The number of piperidine rings is 1. The summed E-state index contributed by atoms with van der Waals surface area (Å²) in [6.45, 7) is 6.36. The minimum atomic E-state index is 0.595. The molecule has 0 unspecified atom stereocenters. The van der Waals surface area contributed by atoms with Gasteiger partial charge >= 0.3 is 0 Å². The molecule has 0 aliphatic carbocycles. The fraction of sp³-hybridized carbons (Fsp3) is 0.381. The lowest BCUT2D eigenvalue weighted by Crippen LogP contribution is -2.41. The fourth-order valence-electron chi connectivity index (χ4n) is 3.68. The third-order valence-corrected chi connectivity index (χ3v) is 5.14. The minimum absolute atomic E-state index is 0.595. The molecule has 130 valence electrons. The molecule has 0 bridgehead atoms. The number of fused-ring (bicyclic) bond motifs is 1. The Morgan fingerprint density at radius 2 is 1.88 bits per heavy atom. The van der Waals surface area contributed by atoms with E-state index in [2.05, 4.69) is 76.4 Å². The van der Waals surface area contributed by atoms with Crippen molar-refractivity contribution in [3.63, 3.8) is 0 Å². The second-order valence-electron chi connectivity index (χ2n) is 7.07. The third kappa shape index (κ3) is 3.91. The van der Waals surface area contributed by atoms with Gasteiger partial charge in [-0.05, 0) is 50.0 Å². The standard InChI is InChI=1S/C21H26N4/c1-17-6-5-11-25-16-20(23-21(17)25)14-22-19-9-12-24(13-10-19)15-18-7-3-2-4-8-18/h2-8,11,16,19,22H,9-10,12-15H2,1H3. The molecule has 3 heterocycles. The number of hydrogen-bond acceptors (Lipinski definition) is 3. The molecule has 0 radical (unpaired) electrons. The zero-order valence-electron chi connectivity index (χ0n) is 14.9. The summed E-state index contributed by atoms with van der Waals surface area (Å²) in [5.41, 5.74) is 4.83. The smallest absolute Gasteiger partial charge is 0.139 e. The van der Waals surface area contributed by atoms with Crippen LogP contribution in [0.25, 0.3) is 5.65 Å². The summed E-state index contributed by atoms with van der Waals surface area (Å²) in [5.74, 6) is 0. The molecule has 25 heavy (non-hydrogen) atoms. The summed E-state index contributed by atoms with van der Waals surface area (Å²) in [7, 11) is 0. The summed E-state index contributed by atoms with van der Waals surface area (Å²) < 4.78 is 2.12. The van der Waals surface area contributed by atoms with Crippen molar-refractivity contribution in [1.82, 2.24) is 19.6 Å². The van der Waals surface area contributed by atoms with Gasteiger partial charge in [0.15, 0.2) is 0 Å². The molecule has 2 aromatic heterocycles. The van der Waals surface area contributed by atoms with Gasteiger partial charge in [-0.15, -0.1) is 0 Å². The molecule has 4 nitrogen and oxygen atoms in total. The predicted octanol–water partition coefficient (Wildman–Crippen LogP) is 3.40. The topological polar surface area (TPSA) is 32.6 Å². The van der Waals surface area contributed by atoms with Crippen LogP contribution in [0.15, 0.2) is 54.9 Å². The van der Waals surface area contributed by atoms with Gasteiger partial charge < -0.3 is 9.72 Å². The second-order valence-corrected chi connectivity index (χ2v) is 7.07. The first-order valence-electron chi connectivity index (χ1n) is 9.21. The van der Waals surface area contributed by atoms with E-state index in [4.69, 9.17) is 4.98 Å². The van der Waals surface area contributed by atoms with Gasteiger partial charge in [-0.1, -0.05) is 36.4 Å². The number of imidazole rings is 1. The second kappa shape index (κ2) is 7.38. The summed E-state index contributed by atoms with van der Waals surface area (Å²) in [6, 6.07) is 15.6. The molecular weight excluding hydrogens is 308 g/mol. The van der Waals surface area contributed by atoms with Crippen molar-refractivity contribution < 1.29 is 0 Å². The van der Waals surface area contributed by atoms with E-state index in [-0.39, 0.29) is 0 Å². The molecule has 1 aromatic carbocycles. The predicted molar refractivity (Wildman–Crippen MR) is 102 cm³/mol. The van der Waals surface area contributed by atoms with Gasteiger partial charge in [-0.3, -0.25) is 4.90 Å². The van der Waals surface area contributed by atoms with Crippen molar-refractivity contribution in [2.45, 2.75) is 38.9 Å². The van der Waals surface area contributed by atoms with Crippen molar-refractivity contribution in [2.24, 2.45) is 0 Å². The van der Waals surface area contributed by atoms with E-state index in [1.807, 2.05) is 0 Å². The van der Waals surface area contributed by atoms with E-state index >= 15 is 0 Å². The Bertz CT molecular complexity index is 816. The number of likely N-dealkylation sites (tertiary alicyclic amines) is 1. The first-order chi connectivity index (χ1) is 12.3. The van der Waals surface area contributed by atoms with Crippen LogP contribution < -0.4 is 5.32 Å². The highest BCUT2D eigenvalue weighted by Crippen LogP contribution is 2.15. The Balaban J connectivity index is 1.27. The monoisotopic (exact) mass is 334 g/mol. The molecule has 1 aliphatic rings. The first-order valence-corrected chi connectivity index (χ1v) is 9.21. The van der Waals surface area contributed by atoms with Crippen LogP contribution in [0.5, 0.6) is 0 Å². The lowest BCUT2D eigenvalue weighted by atomic mass is 10.0. The van der Waals surface area contributed by atoms with Crippen LogP contribution in [0.4, 0.5) is 0 Å². The Labute approximate surface area is 149 Å². The molecule has 4 rings (SSSR count). The average Bonchev–Trinajstić information content (AvgIpc) is 3.07. The quantitative estimate of drug-likeness (QED) is 0.776. The van der Waals surface area contributed by atoms with Gasteiger partial charge in [0.05, 0.1) is 5.69 Å². The minimum Gasteiger partial charge on any atom is -0.308 e. The van der Waals surface area contributed by atoms with Crippen molar-refractivity contribution >= 4 is 5.65 Å². The maximum absolute atomic E-state index is 4.76. The van der Waals surface area contributed by atoms with Gasteiger partial charge in [-0.2, -0.15) is 0 Å². The van der Waals surface area contributed by atoms with Gasteiger partial charge in [0.1, 0.15) is 5.65 Å². The number of aromatic nitrogens is 2. The lowest BCUT2D eigenvalue weighted by molar-refractivity contribution is 0.190. The average molecular weight is 334 g/mol. The Morgan fingerprint density at radius 3 is 2.64 bits per heavy atom. The van der Waals surface area contributed by atoms with E-state index in [9.17, 15) is 0 Å². The zero-order valence-corrected chi connectivity index (χ0v) is 14.9. The summed E-state index contributed by atoms with van der Waals surface area (Å²) in [6.07, 6.45) is 6.62. The van der Waals surface area contributed by atoms with Crippen molar-refractivity contribution in [2.75, 3.05) is 13.1 Å². The highest BCUT2D eigenvalue weighted by atomic mass is 15.1. The number of pyridine rings is 1. The maximum atomic E-state index is 4.76. The molecular formula is C21H26N4. The van der Waals surface area contributed by atoms with E-state index in [0.29, 0.717) is 6.04 Å². The van der Waals surface area contributed by atoms with Crippen LogP contribution in [-0.2, 0) is 13.1 Å². The molecule has 1 aliphatic heterocycles. The highest BCUT2D eigenvalue weighted by Gasteiger charge is 2.19. The number of nitrogens with zero attached hydrogens (tertiary/aromatic N) is 3. The van der Waals surface area contributed by atoms with E-state index in [1.54, 1.807) is 0 Å². The van der Waals surface area contributed by atoms with E-state index < -0.39 is 0 Å². The van der Waals surface area contributed by atoms with Crippen LogP contribution in [0.3, 0.4) is 0 Å². The Kier molecular flexibility index (Phi) is 4.81. The molecule has 0 amide bonds. The number of hydrogen-bond donors (Lipinski definition) is 1. The van der Waals surface area contributed by atoms with Gasteiger partial charge in [0, 0.05) is 31.5 Å². The van der Waals surface area contributed by atoms with Crippen molar-refractivity contribution in [3.8, 4) is 0 Å². The number of benzene rings is 1. The van der Waals surface area contributed by atoms with Crippen LogP contribution in [-0.4, -0.2) is 33.4 Å². The molecule has 3 aromatic rings. The molecule has 0 spiro atoms. The summed E-state index contributed by atoms with van der Waals surface area (Å²) in [4.78, 5) is 7.31. The number of rotatable bonds is 5. The van der Waals surface area contributed by atoms with Crippen LogP contribution in [0.2, 0.25) is 0 Å². The van der Waals surface area contributed by atoms with Crippen LogP contribution in [0, 0.1) is 6.92 Å². The van der Waals surface area contributed by atoms with Gasteiger partial charge in [-0.25, -0.2) is 4.98 Å². The maximum Gasteiger partial charge on any atom is 0.139 e. The molecule has 1 N–H and O–H groups in total. The summed E-state index contributed by atoms with van der Waals surface area (Å²) in [5, 5.41) is 3.70. The zero-order chi connectivity index (χ0) is 17.1. The normalized spacial score (nSPS) is 16.5. The molecule has 4 heteroatoms. The highest BCUT2D eigenvalue weighted by molar-refractivity contribution is 5.47. The number of aryl methyl sites for hydroxylation is 1. The molecule has 0 atom stereocenters. The SMILES string of the molecule is Cc1cccn2cc(CNC3CCN(Cc4ccccc4)CC3)nc12. The van der Waals surface area contributed by atoms with Crippen molar-refractivity contribution in [3.05, 3.63) is 71.7 Å². The van der Waals surface area contributed by atoms with Crippen LogP contribution >= 0.6 is 0 Å². The van der Waals surface area contributed by atoms with E-state index in [1.165, 1.54) is 24.0 Å². The first kappa shape index (κ1) is 16.3. The summed E-state index contributed by atoms with van der Waals surface area (Å²) >= 11 is 0. The molecule has 1 fully saturated rings. The Morgan fingerprint density at radius 1 is 1.08 bits per heavy atom. The number of nitrogens with one attached hydrogen (secondary N) is 1. The fourth-order valence-corrected chi connectivity index (χ4v) is 3.68. The third-order valence-electron chi connectivity index (χ3n) is 5.14. The molecule has 1 saturated heterocycles. The Hall–Kier alpha value is -2.17.